The van der Waals surface area contributed by atoms with E-state index >= 15 is 0 Å². The van der Waals surface area contributed by atoms with Gasteiger partial charge in [-0.2, -0.15) is 0 Å². The van der Waals surface area contributed by atoms with Crippen molar-refractivity contribution in [3.05, 3.63) is 65.2 Å². The van der Waals surface area contributed by atoms with Crippen molar-refractivity contribution in [1.29, 1.82) is 0 Å². The summed E-state index contributed by atoms with van der Waals surface area (Å²) < 4.78 is 0. The van der Waals surface area contributed by atoms with Gasteiger partial charge >= 0.3 is 0 Å². The predicted octanol–water partition coefficient (Wildman–Crippen LogP) is 2.40. The quantitative estimate of drug-likeness (QED) is 0.730. The van der Waals surface area contributed by atoms with Crippen LogP contribution in [0.1, 0.15) is 17.3 Å². The Labute approximate surface area is 176 Å². The van der Waals surface area contributed by atoms with Crippen LogP contribution in [-0.4, -0.2) is 62.0 Å². The summed E-state index contributed by atoms with van der Waals surface area (Å²) in [6.45, 7) is 6.89. The van der Waals surface area contributed by atoms with Gasteiger partial charge in [0, 0.05) is 45.0 Å². The van der Waals surface area contributed by atoms with Crippen molar-refractivity contribution >= 4 is 29.1 Å². The molecule has 1 atom stereocenters. The van der Waals surface area contributed by atoms with Crippen LogP contribution in [0.3, 0.4) is 0 Å². The summed E-state index contributed by atoms with van der Waals surface area (Å²) in [6, 6.07) is 16.6. The number of nitrogens with zero attached hydrogens (tertiary/aromatic N) is 2. The van der Waals surface area contributed by atoms with Crippen molar-refractivity contribution in [3.8, 4) is 0 Å². The lowest BCUT2D eigenvalue weighted by atomic mass is 10.2. The number of carbonyl (C=O) groups is 2. The molecule has 0 spiro atoms. The van der Waals surface area contributed by atoms with Crippen LogP contribution >= 0.6 is 11.6 Å². The first-order valence-electron chi connectivity index (χ1n) is 9.90. The highest BCUT2D eigenvalue weighted by atomic mass is 35.5. The van der Waals surface area contributed by atoms with Gasteiger partial charge in [0.15, 0.2) is 0 Å². The van der Waals surface area contributed by atoms with Crippen LogP contribution < -0.4 is 15.5 Å². The minimum Gasteiger partial charge on any atom is -0.369 e. The maximum atomic E-state index is 12.3. The molecule has 2 amide bonds. The Morgan fingerprint density at radius 3 is 2.34 bits per heavy atom. The normalized spacial score (nSPS) is 15.6. The Kier molecular flexibility index (Phi) is 7.49. The zero-order valence-electron chi connectivity index (χ0n) is 16.6. The molecule has 1 fully saturated rings. The molecule has 3 rings (SSSR count). The molecule has 6 nitrogen and oxygen atoms in total. The molecule has 154 valence electrons. The average molecular weight is 415 g/mol. The van der Waals surface area contributed by atoms with E-state index in [0.717, 1.165) is 32.7 Å². The number of nitrogens with one attached hydrogen (secondary N) is 2. The van der Waals surface area contributed by atoms with Crippen LogP contribution in [0, 0.1) is 0 Å². The molecule has 0 aliphatic carbocycles. The van der Waals surface area contributed by atoms with Gasteiger partial charge in [0.05, 0.1) is 10.6 Å². The summed E-state index contributed by atoms with van der Waals surface area (Å²) >= 11 is 6.03. The number of anilines is 1. The molecule has 1 unspecified atom stereocenters. The molecule has 2 N–H and O–H groups in total. The number of amides is 2. The Balaban J connectivity index is 1.36. The fourth-order valence-electron chi connectivity index (χ4n) is 3.34. The fraction of sp³-hybridized carbons (Fsp3) is 0.364. The lowest BCUT2D eigenvalue weighted by Gasteiger charge is -2.36. The van der Waals surface area contributed by atoms with E-state index in [9.17, 15) is 9.59 Å². The van der Waals surface area contributed by atoms with E-state index in [2.05, 4.69) is 44.7 Å². The highest BCUT2D eigenvalue weighted by Crippen LogP contribution is 2.16. The lowest BCUT2D eigenvalue weighted by molar-refractivity contribution is -0.122. The number of piperazine rings is 1. The van der Waals surface area contributed by atoms with Crippen LogP contribution in [0.5, 0.6) is 0 Å². The first-order valence-corrected chi connectivity index (χ1v) is 10.3. The standard InChI is InChI=1S/C22H27ClN4O2/c1-17(25-22(29)19-9-5-6-10-20(19)23)21(28)24-11-12-26-13-15-27(16-14-26)18-7-3-2-4-8-18/h2-10,17H,11-16H2,1H3,(H,24,28)(H,25,29). The molecule has 0 saturated carbocycles. The topological polar surface area (TPSA) is 64.7 Å². The Bertz CT molecular complexity index is 823. The summed E-state index contributed by atoms with van der Waals surface area (Å²) in [6.07, 6.45) is 0. The highest BCUT2D eigenvalue weighted by Gasteiger charge is 2.19. The second-order valence-corrected chi connectivity index (χ2v) is 7.54. The zero-order valence-corrected chi connectivity index (χ0v) is 17.4. The number of halogens is 1. The van der Waals surface area contributed by atoms with Gasteiger partial charge in [-0.3, -0.25) is 14.5 Å². The van der Waals surface area contributed by atoms with E-state index in [0.29, 0.717) is 17.1 Å². The van der Waals surface area contributed by atoms with Crippen LogP contribution in [0.25, 0.3) is 0 Å². The molecule has 1 saturated heterocycles. The largest absolute Gasteiger partial charge is 0.369 e. The minimum absolute atomic E-state index is 0.201. The Hall–Kier alpha value is -2.57. The van der Waals surface area contributed by atoms with E-state index in [4.69, 9.17) is 11.6 Å². The SMILES string of the molecule is CC(NC(=O)c1ccccc1Cl)C(=O)NCCN1CCN(c2ccccc2)CC1. The molecule has 0 bridgehead atoms. The number of benzene rings is 2. The molecule has 0 aromatic heterocycles. The van der Waals surface area contributed by atoms with E-state index in [1.165, 1.54) is 5.69 Å². The maximum Gasteiger partial charge on any atom is 0.253 e. The minimum atomic E-state index is -0.631. The van der Waals surface area contributed by atoms with Gasteiger partial charge in [-0.15, -0.1) is 0 Å². The number of carbonyl (C=O) groups excluding carboxylic acids is 2. The molecule has 0 radical (unpaired) electrons. The number of para-hydroxylation sites is 1. The Morgan fingerprint density at radius 1 is 1.00 bits per heavy atom. The van der Waals surface area contributed by atoms with Gasteiger partial charge < -0.3 is 15.5 Å². The molecule has 1 aliphatic rings. The maximum absolute atomic E-state index is 12.3. The number of hydrogen-bond acceptors (Lipinski definition) is 4. The molecule has 1 aliphatic heterocycles. The third kappa shape index (κ3) is 5.95. The van der Waals surface area contributed by atoms with Crippen LogP contribution in [0.4, 0.5) is 5.69 Å². The summed E-state index contributed by atoms with van der Waals surface area (Å²) in [5.74, 6) is -0.552. The molecular weight excluding hydrogens is 388 g/mol. The van der Waals surface area contributed by atoms with Crippen LogP contribution in [0.15, 0.2) is 54.6 Å². The highest BCUT2D eigenvalue weighted by molar-refractivity contribution is 6.33. The summed E-state index contributed by atoms with van der Waals surface area (Å²) in [5.41, 5.74) is 1.62. The van der Waals surface area contributed by atoms with Gasteiger partial charge in [-0.05, 0) is 31.2 Å². The van der Waals surface area contributed by atoms with E-state index in [-0.39, 0.29) is 11.8 Å². The van der Waals surface area contributed by atoms with Crippen molar-refractivity contribution in [3.63, 3.8) is 0 Å². The molecular formula is C22H27ClN4O2. The molecule has 2 aromatic carbocycles. The van der Waals surface area contributed by atoms with Crippen molar-refractivity contribution < 1.29 is 9.59 Å². The second kappa shape index (κ2) is 10.3. The average Bonchev–Trinajstić information content (AvgIpc) is 2.75. The third-order valence-electron chi connectivity index (χ3n) is 5.08. The van der Waals surface area contributed by atoms with Gasteiger partial charge in [0.2, 0.25) is 5.91 Å². The third-order valence-corrected chi connectivity index (χ3v) is 5.41. The van der Waals surface area contributed by atoms with E-state index in [1.54, 1.807) is 31.2 Å². The lowest BCUT2D eigenvalue weighted by Crippen LogP contribution is -2.50. The molecule has 7 heteroatoms. The van der Waals surface area contributed by atoms with Gasteiger partial charge in [0.25, 0.3) is 5.91 Å². The summed E-state index contributed by atoms with van der Waals surface area (Å²) in [5, 5.41) is 5.96. The molecule has 1 heterocycles. The van der Waals surface area contributed by atoms with Crippen LogP contribution in [-0.2, 0) is 4.79 Å². The van der Waals surface area contributed by atoms with Crippen molar-refractivity contribution in [2.45, 2.75) is 13.0 Å². The fourth-order valence-corrected chi connectivity index (χ4v) is 3.57. The monoisotopic (exact) mass is 414 g/mol. The summed E-state index contributed by atoms with van der Waals surface area (Å²) in [7, 11) is 0. The van der Waals surface area contributed by atoms with Crippen molar-refractivity contribution in [2.24, 2.45) is 0 Å². The zero-order chi connectivity index (χ0) is 20.6. The van der Waals surface area contributed by atoms with E-state index < -0.39 is 6.04 Å². The van der Waals surface area contributed by atoms with E-state index in [1.807, 2.05) is 6.07 Å². The van der Waals surface area contributed by atoms with Gasteiger partial charge in [-0.25, -0.2) is 0 Å². The first kappa shape index (κ1) is 21.1. The molecule has 29 heavy (non-hydrogen) atoms. The summed E-state index contributed by atoms with van der Waals surface area (Å²) in [4.78, 5) is 29.3. The van der Waals surface area contributed by atoms with Crippen LogP contribution in [0.2, 0.25) is 5.02 Å². The van der Waals surface area contributed by atoms with Gasteiger partial charge in [-0.1, -0.05) is 41.9 Å². The second-order valence-electron chi connectivity index (χ2n) is 7.13. The van der Waals surface area contributed by atoms with Gasteiger partial charge in [0.1, 0.15) is 6.04 Å². The van der Waals surface area contributed by atoms with Crippen molar-refractivity contribution in [2.75, 3.05) is 44.2 Å². The molecule has 2 aromatic rings. The first-order chi connectivity index (χ1) is 14.0. The number of rotatable bonds is 7. The Morgan fingerprint density at radius 2 is 1.66 bits per heavy atom. The smallest absolute Gasteiger partial charge is 0.253 e. The van der Waals surface area contributed by atoms with Crippen molar-refractivity contribution in [1.82, 2.24) is 15.5 Å². The predicted molar refractivity (Wildman–Crippen MR) is 116 cm³/mol. The number of hydrogen-bond donors (Lipinski definition) is 2.